The van der Waals surface area contributed by atoms with E-state index in [0.29, 0.717) is 21.3 Å². The number of hydrogen-bond acceptors (Lipinski definition) is 2. The molecule has 2 aromatic rings. The Morgan fingerprint density at radius 1 is 1.10 bits per heavy atom. The number of carbonyl (C=O) groups is 1. The summed E-state index contributed by atoms with van der Waals surface area (Å²) < 4.78 is 0. The zero-order valence-electron chi connectivity index (χ0n) is 11.0. The van der Waals surface area contributed by atoms with Crippen LogP contribution >= 0.6 is 23.2 Å². The van der Waals surface area contributed by atoms with Gasteiger partial charge in [0.05, 0.1) is 21.3 Å². The Balaban J connectivity index is 2.39. The van der Waals surface area contributed by atoms with Crippen molar-refractivity contribution < 1.29 is 9.90 Å². The molecular formula is C15H13Cl2NO2. The van der Waals surface area contributed by atoms with Gasteiger partial charge in [0, 0.05) is 5.69 Å². The first-order valence-electron chi connectivity index (χ1n) is 5.95. The lowest BCUT2D eigenvalue weighted by atomic mass is 10.1. The van der Waals surface area contributed by atoms with Crippen LogP contribution in [-0.2, 0) is 0 Å². The van der Waals surface area contributed by atoms with Crippen molar-refractivity contribution in [2.45, 2.75) is 13.8 Å². The molecule has 0 bridgehead atoms. The van der Waals surface area contributed by atoms with Gasteiger partial charge in [-0.15, -0.1) is 0 Å². The van der Waals surface area contributed by atoms with Crippen LogP contribution in [0.4, 0.5) is 11.4 Å². The molecule has 2 N–H and O–H groups in total. The normalized spacial score (nSPS) is 10.4. The summed E-state index contributed by atoms with van der Waals surface area (Å²) in [4.78, 5) is 11.0. The molecule has 0 aliphatic rings. The smallest absolute Gasteiger partial charge is 0.335 e. The lowest BCUT2D eigenvalue weighted by molar-refractivity contribution is 0.0696. The maximum atomic E-state index is 11.0. The van der Waals surface area contributed by atoms with Crippen molar-refractivity contribution in [3.8, 4) is 0 Å². The fourth-order valence-corrected chi connectivity index (χ4v) is 2.36. The number of aromatic carboxylic acids is 1. The third kappa shape index (κ3) is 2.89. The molecule has 2 aromatic carbocycles. The Morgan fingerprint density at radius 2 is 1.80 bits per heavy atom. The van der Waals surface area contributed by atoms with Gasteiger partial charge in [0.25, 0.3) is 0 Å². The van der Waals surface area contributed by atoms with Crippen LogP contribution < -0.4 is 5.32 Å². The van der Waals surface area contributed by atoms with Crippen LogP contribution in [0.2, 0.25) is 10.0 Å². The molecular weight excluding hydrogens is 297 g/mol. The van der Waals surface area contributed by atoms with E-state index in [1.165, 1.54) is 0 Å². The highest BCUT2D eigenvalue weighted by Crippen LogP contribution is 2.35. The first kappa shape index (κ1) is 14.7. The van der Waals surface area contributed by atoms with Crippen LogP contribution in [0.5, 0.6) is 0 Å². The summed E-state index contributed by atoms with van der Waals surface area (Å²) in [6.45, 7) is 3.64. The number of carboxylic acids is 1. The Morgan fingerprint density at radius 3 is 2.40 bits per heavy atom. The van der Waals surface area contributed by atoms with Gasteiger partial charge in [-0.1, -0.05) is 29.3 Å². The van der Waals surface area contributed by atoms with Crippen molar-refractivity contribution >= 4 is 40.5 Å². The Labute approximate surface area is 127 Å². The van der Waals surface area contributed by atoms with E-state index in [2.05, 4.69) is 5.32 Å². The number of carboxylic acid groups (broad SMARTS) is 1. The molecule has 0 unspecified atom stereocenters. The molecule has 0 fully saturated rings. The second-order valence-electron chi connectivity index (χ2n) is 4.51. The monoisotopic (exact) mass is 309 g/mol. The lowest BCUT2D eigenvalue weighted by Crippen LogP contribution is -2.01. The molecule has 0 amide bonds. The van der Waals surface area contributed by atoms with E-state index in [1.807, 2.05) is 13.0 Å². The predicted molar refractivity (Wildman–Crippen MR) is 82.6 cm³/mol. The second kappa shape index (κ2) is 5.73. The topological polar surface area (TPSA) is 49.3 Å². The molecule has 0 spiro atoms. The number of aryl methyl sites for hydroxylation is 2. The summed E-state index contributed by atoms with van der Waals surface area (Å²) in [5.74, 6) is -0.944. The maximum Gasteiger partial charge on any atom is 0.335 e. The molecule has 2 rings (SSSR count). The minimum Gasteiger partial charge on any atom is -0.478 e. The first-order chi connectivity index (χ1) is 9.40. The quantitative estimate of drug-likeness (QED) is 0.834. The molecule has 0 saturated carbocycles. The van der Waals surface area contributed by atoms with E-state index in [9.17, 15) is 4.79 Å². The van der Waals surface area contributed by atoms with E-state index in [1.54, 1.807) is 31.2 Å². The van der Waals surface area contributed by atoms with Gasteiger partial charge in [-0.25, -0.2) is 4.79 Å². The van der Waals surface area contributed by atoms with Crippen molar-refractivity contribution in [1.29, 1.82) is 0 Å². The van der Waals surface area contributed by atoms with E-state index < -0.39 is 5.97 Å². The summed E-state index contributed by atoms with van der Waals surface area (Å²) in [7, 11) is 0. The van der Waals surface area contributed by atoms with Crippen LogP contribution in [0.25, 0.3) is 0 Å². The van der Waals surface area contributed by atoms with Gasteiger partial charge in [-0.3, -0.25) is 0 Å². The average molecular weight is 310 g/mol. The Bertz CT molecular complexity index is 684. The van der Waals surface area contributed by atoms with Gasteiger partial charge >= 0.3 is 5.97 Å². The molecule has 0 aliphatic carbocycles. The fourth-order valence-electron chi connectivity index (χ4n) is 1.90. The van der Waals surface area contributed by atoms with Gasteiger partial charge in [0.2, 0.25) is 0 Å². The number of benzene rings is 2. The van der Waals surface area contributed by atoms with E-state index in [-0.39, 0.29) is 5.56 Å². The fraction of sp³-hybridized carbons (Fsp3) is 0.133. The van der Waals surface area contributed by atoms with Crippen LogP contribution in [0.3, 0.4) is 0 Å². The highest BCUT2D eigenvalue weighted by atomic mass is 35.5. The highest BCUT2D eigenvalue weighted by Gasteiger charge is 2.11. The number of rotatable bonds is 3. The van der Waals surface area contributed by atoms with Gasteiger partial charge in [-0.05, 0) is 49.2 Å². The molecule has 104 valence electrons. The summed E-state index contributed by atoms with van der Waals surface area (Å²) in [5, 5.41) is 13.2. The van der Waals surface area contributed by atoms with Crippen molar-refractivity contribution in [2.75, 3.05) is 5.32 Å². The minimum absolute atomic E-state index is 0.275. The first-order valence-corrected chi connectivity index (χ1v) is 6.71. The number of nitrogens with one attached hydrogen (secondary N) is 1. The second-order valence-corrected chi connectivity index (χ2v) is 5.30. The average Bonchev–Trinajstić information content (AvgIpc) is 2.39. The largest absolute Gasteiger partial charge is 0.478 e. The SMILES string of the molecule is Cc1cc(Nc2c(Cl)ccc(C)c2Cl)ccc1C(=O)O. The molecule has 0 heterocycles. The third-order valence-electron chi connectivity index (χ3n) is 3.01. The van der Waals surface area contributed by atoms with Gasteiger partial charge in [0.1, 0.15) is 0 Å². The van der Waals surface area contributed by atoms with Crippen LogP contribution in [-0.4, -0.2) is 11.1 Å². The molecule has 0 atom stereocenters. The molecule has 3 nitrogen and oxygen atoms in total. The van der Waals surface area contributed by atoms with Crippen molar-refractivity contribution in [2.24, 2.45) is 0 Å². The van der Waals surface area contributed by atoms with Crippen LogP contribution in [0.1, 0.15) is 21.5 Å². The molecule has 0 aliphatic heterocycles. The predicted octanol–water partition coefficient (Wildman–Crippen LogP) is 5.05. The third-order valence-corrected chi connectivity index (χ3v) is 3.81. The zero-order valence-corrected chi connectivity index (χ0v) is 12.5. The van der Waals surface area contributed by atoms with Crippen molar-refractivity contribution in [3.05, 3.63) is 57.1 Å². The summed E-state index contributed by atoms with van der Waals surface area (Å²) in [6, 6.07) is 8.60. The van der Waals surface area contributed by atoms with Gasteiger partial charge in [-0.2, -0.15) is 0 Å². The van der Waals surface area contributed by atoms with Crippen molar-refractivity contribution in [3.63, 3.8) is 0 Å². The molecule has 0 saturated heterocycles. The molecule has 5 heteroatoms. The van der Waals surface area contributed by atoms with E-state index >= 15 is 0 Å². The van der Waals surface area contributed by atoms with Crippen LogP contribution in [0, 0.1) is 13.8 Å². The molecule has 0 aromatic heterocycles. The Kier molecular flexibility index (Phi) is 4.21. The summed E-state index contributed by atoms with van der Waals surface area (Å²) in [5.41, 5.74) is 3.22. The lowest BCUT2D eigenvalue weighted by Gasteiger charge is -2.13. The van der Waals surface area contributed by atoms with Gasteiger partial charge < -0.3 is 10.4 Å². The van der Waals surface area contributed by atoms with E-state index in [0.717, 1.165) is 11.3 Å². The highest BCUT2D eigenvalue weighted by molar-refractivity contribution is 6.39. The summed E-state index contributed by atoms with van der Waals surface area (Å²) >= 11 is 12.4. The Hall–Kier alpha value is -1.71. The number of halogens is 2. The van der Waals surface area contributed by atoms with Gasteiger partial charge in [0.15, 0.2) is 0 Å². The van der Waals surface area contributed by atoms with E-state index in [4.69, 9.17) is 28.3 Å². The minimum atomic E-state index is -0.944. The van der Waals surface area contributed by atoms with Crippen LogP contribution in [0.15, 0.2) is 30.3 Å². The zero-order chi connectivity index (χ0) is 14.9. The standard InChI is InChI=1S/C15H13Cl2NO2/c1-8-3-6-12(16)14(13(8)17)18-10-4-5-11(15(19)20)9(2)7-10/h3-7,18H,1-2H3,(H,19,20). The number of hydrogen-bond donors (Lipinski definition) is 2. The summed E-state index contributed by atoms with van der Waals surface area (Å²) in [6.07, 6.45) is 0. The molecule has 20 heavy (non-hydrogen) atoms. The number of anilines is 2. The maximum absolute atomic E-state index is 11.0. The van der Waals surface area contributed by atoms with Crippen molar-refractivity contribution in [1.82, 2.24) is 0 Å². The molecule has 0 radical (unpaired) electrons.